The van der Waals surface area contributed by atoms with Crippen molar-refractivity contribution in [2.45, 2.75) is 12.3 Å². The van der Waals surface area contributed by atoms with Gasteiger partial charge >= 0.3 is 6.18 Å². The van der Waals surface area contributed by atoms with Crippen molar-refractivity contribution in [3.8, 4) is 0 Å². The third-order valence-electron chi connectivity index (χ3n) is 2.47. The molecule has 17 heavy (non-hydrogen) atoms. The van der Waals surface area contributed by atoms with Crippen molar-refractivity contribution in [3.05, 3.63) is 28.5 Å². The van der Waals surface area contributed by atoms with Gasteiger partial charge in [-0.3, -0.25) is 0 Å². The first-order valence-corrected chi connectivity index (χ1v) is 5.41. The lowest BCUT2D eigenvalue weighted by atomic mass is 10.1. The van der Waals surface area contributed by atoms with Crippen LogP contribution in [0, 0.1) is 0 Å². The zero-order valence-electron chi connectivity index (χ0n) is 8.72. The highest BCUT2D eigenvalue weighted by molar-refractivity contribution is 6.30. The van der Waals surface area contributed by atoms with Gasteiger partial charge in [-0.15, -0.1) is 0 Å². The summed E-state index contributed by atoms with van der Waals surface area (Å²) in [6.45, 7) is 1.56. The summed E-state index contributed by atoms with van der Waals surface area (Å²) in [4.78, 5) is 3.56. The van der Waals surface area contributed by atoms with Crippen molar-refractivity contribution in [1.82, 2.24) is 10.3 Å². The number of nitrogens with zero attached hydrogens (tertiary/aromatic N) is 1. The van der Waals surface area contributed by atoms with Crippen LogP contribution in [-0.4, -0.2) is 24.7 Å². The second kappa shape index (κ2) is 4.80. The minimum atomic E-state index is -4.42. The van der Waals surface area contributed by atoms with Gasteiger partial charge in [0.2, 0.25) is 0 Å². The monoisotopic (exact) mass is 266 g/mol. The fraction of sp³-hybridized carbons (Fsp3) is 0.500. The second-order valence-electron chi connectivity index (χ2n) is 3.67. The van der Waals surface area contributed by atoms with Crippen molar-refractivity contribution in [2.75, 3.05) is 19.7 Å². The molecule has 1 fully saturated rings. The smallest absolute Gasteiger partial charge is 0.371 e. The third kappa shape index (κ3) is 2.88. The van der Waals surface area contributed by atoms with Crippen LogP contribution in [0.1, 0.15) is 17.2 Å². The molecule has 1 aliphatic rings. The average Bonchev–Trinajstić information content (AvgIpc) is 2.29. The van der Waals surface area contributed by atoms with Gasteiger partial charge in [-0.05, 0) is 6.07 Å². The molecule has 1 saturated heterocycles. The summed E-state index contributed by atoms with van der Waals surface area (Å²) < 4.78 is 42.9. The Morgan fingerprint density at radius 1 is 1.47 bits per heavy atom. The van der Waals surface area contributed by atoms with E-state index in [4.69, 9.17) is 16.3 Å². The number of nitrogens with one attached hydrogen (secondary N) is 1. The molecule has 94 valence electrons. The molecule has 0 aromatic carbocycles. The Balaban J connectivity index is 2.31. The fourth-order valence-corrected chi connectivity index (χ4v) is 1.84. The molecule has 0 amide bonds. The Bertz CT molecular complexity index is 405. The first-order chi connectivity index (χ1) is 7.98. The van der Waals surface area contributed by atoms with E-state index in [2.05, 4.69) is 10.3 Å². The molecule has 0 radical (unpaired) electrons. The van der Waals surface area contributed by atoms with Gasteiger partial charge in [0, 0.05) is 24.8 Å². The molecule has 1 aromatic heterocycles. The van der Waals surface area contributed by atoms with Crippen LogP contribution >= 0.6 is 11.6 Å². The van der Waals surface area contributed by atoms with Crippen LogP contribution in [0.15, 0.2) is 12.3 Å². The van der Waals surface area contributed by atoms with Gasteiger partial charge in [0.1, 0.15) is 5.15 Å². The first-order valence-electron chi connectivity index (χ1n) is 5.03. The molecule has 1 unspecified atom stereocenters. The van der Waals surface area contributed by atoms with E-state index < -0.39 is 17.8 Å². The maximum absolute atomic E-state index is 12.5. The molecule has 3 nitrogen and oxygen atoms in total. The third-order valence-corrected chi connectivity index (χ3v) is 2.78. The molecule has 1 N–H and O–H groups in total. The van der Waals surface area contributed by atoms with Gasteiger partial charge in [0.15, 0.2) is 0 Å². The summed E-state index contributed by atoms with van der Waals surface area (Å²) in [5.74, 6) is 0. The Labute approximate surface area is 101 Å². The zero-order valence-corrected chi connectivity index (χ0v) is 9.48. The molecule has 2 heterocycles. The minimum absolute atomic E-state index is 0.0479. The highest BCUT2D eigenvalue weighted by atomic mass is 35.5. The molecular weight excluding hydrogens is 257 g/mol. The normalized spacial score (nSPS) is 21.5. The molecule has 2 rings (SSSR count). The molecule has 0 spiro atoms. The van der Waals surface area contributed by atoms with E-state index in [1.165, 1.54) is 0 Å². The minimum Gasteiger partial charge on any atom is -0.371 e. The van der Waals surface area contributed by atoms with Crippen LogP contribution in [0.2, 0.25) is 5.15 Å². The predicted octanol–water partition coefficient (Wildman–Crippen LogP) is 2.41. The maximum Gasteiger partial charge on any atom is 0.417 e. The Morgan fingerprint density at radius 2 is 2.24 bits per heavy atom. The van der Waals surface area contributed by atoms with Gasteiger partial charge in [0.05, 0.1) is 18.3 Å². The Kier molecular flexibility index (Phi) is 3.56. The van der Waals surface area contributed by atoms with E-state index in [0.717, 1.165) is 12.3 Å². The number of halogens is 4. The van der Waals surface area contributed by atoms with E-state index in [1.54, 1.807) is 0 Å². The lowest BCUT2D eigenvalue weighted by molar-refractivity contribution is -0.138. The van der Waals surface area contributed by atoms with Crippen LogP contribution in [0.4, 0.5) is 13.2 Å². The Morgan fingerprint density at radius 3 is 2.82 bits per heavy atom. The molecule has 1 atom stereocenters. The summed E-state index contributed by atoms with van der Waals surface area (Å²) >= 11 is 5.79. The molecule has 0 bridgehead atoms. The first kappa shape index (κ1) is 12.6. The lowest BCUT2D eigenvalue weighted by Crippen LogP contribution is -2.33. The number of rotatable bonds is 1. The fourth-order valence-electron chi connectivity index (χ4n) is 1.61. The highest BCUT2D eigenvalue weighted by Crippen LogP contribution is 2.33. The summed E-state index contributed by atoms with van der Waals surface area (Å²) in [6, 6.07) is 0.993. The lowest BCUT2D eigenvalue weighted by Gasteiger charge is -2.24. The maximum atomic E-state index is 12.5. The molecule has 1 aliphatic heterocycles. The van der Waals surface area contributed by atoms with E-state index in [-0.39, 0.29) is 10.7 Å². The standard InChI is InChI=1S/C10H10ClF3N2O/c11-9-7(8-5-15-1-2-17-8)3-6(4-16-9)10(12,13)14/h3-4,8,15H,1-2,5H2. The van der Waals surface area contributed by atoms with Crippen molar-refractivity contribution in [1.29, 1.82) is 0 Å². The molecule has 1 aromatic rings. The quantitative estimate of drug-likeness (QED) is 0.793. The number of alkyl halides is 3. The number of ether oxygens (including phenoxy) is 1. The number of hydrogen-bond donors (Lipinski definition) is 1. The number of hydrogen-bond acceptors (Lipinski definition) is 3. The second-order valence-corrected chi connectivity index (χ2v) is 4.02. The number of aromatic nitrogens is 1. The van der Waals surface area contributed by atoms with Crippen molar-refractivity contribution in [2.24, 2.45) is 0 Å². The van der Waals surface area contributed by atoms with Gasteiger partial charge in [-0.25, -0.2) is 4.98 Å². The zero-order chi connectivity index (χ0) is 12.5. The molecule has 7 heteroatoms. The Hall–Kier alpha value is -0.850. The molecule has 0 aliphatic carbocycles. The predicted molar refractivity (Wildman–Crippen MR) is 55.8 cm³/mol. The highest BCUT2D eigenvalue weighted by Gasteiger charge is 2.32. The average molecular weight is 267 g/mol. The summed E-state index contributed by atoms with van der Waals surface area (Å²) in [6.07, 6.45) is -4.18. The van der Waals surface area contributed by atoms with Crippen LogP contribution in [0.5, 0.6) is 0 Å². The van der Waals surface area contributed by atoms with E-state index >= 15 is 0 Å². The van der Waals surface area contributed by atoms with E-state index in [1.807, 2.05) is 0 Å². The summed E-state index contributed by atoms with van der Waals surface area (Å²) in [5, 5.41) is 3.07. The van der Waals surface area contributed by atoms with Crippen molar-refractivity contribution >= 4 is 11.6 Å². The van der Waals surface area contributed by atoms with Crippen LogP contribution in [-0.2, 0) is 10.9 Å². The number of morpholine rings is 1. The van der Waals surface area contributed by atoms with Crippen LogP contribution in [0.3, 0.4) is 0 Å². The van der Waals surface area contributed by atoms with Gasteiger partial charge in [-0.1, -0.05) is 11.6 Å². The number of pyridine rings is 1. The summed E-state index contributed by atoms with van der Waals surface area (Å²) in [5.41, 5.74) is -0.542. The van der Waals surface area contributed by atoms with Crippen LogP contribution in [0.25, 0.3) is 0 Å². The van der Waals surface area contributed by atoms with E-state index in [9.17, 15) is 13.2 Å². The van der Waals surface area contributed by atoms with E-state index in [0.29, 0.717) is 19.7 Å². The van der Waals surface area contributed by atoms with Crippen LogP contribution < -0.4 is 5.32 Å². The topological polar surface area (TPSA) is 34.2 Å². The van der Waals surface area contributed by atoms with Gasteiger partial charge < -0.3 is 10.1 Å². The van der Waals surface area contributed by atoms with Gasteiger partial charge in [-0.2, -0.15) is 13.2 Å². The SMILES string of the molecule is FC(F)(F)c1cnc(Cl)c(C2CNCCO2)c1. The van der Waals surface area contributed by atoms with Gasteiger partial charge in [0.25, 0.3) is 0 Å². The van der Waals surface area contributed by atoms with Crippen molar-refractivity contribution < 1.29 is 17.9 Å². The molecule has 0 saturated carbocycles. The molecular formula is C10H10ClF3N2O. The summed E-state index contributed by atoms with van der Waals surface area (Å²) in [7, 11) is 0. The van der Waals surface area contributed by atoms with Crippen molar-refractivity contribution in [3.63, 3.8) is 0 Å². The largest absolute Gasteiger partial charge is 0.417 e.